The molecule has 0 radical (unpaired) electrons. The highest BCUT2D eigenvalue weighted by atomic mass is 16.2. The molecule has 1 aliphatic heterocycles. The number of nitrogens with zero attached hydrogens (tertiary/aromatic N) is 2. The molecule has 2 N–H and O–H groups in total. The number of likely N-dealkylation sites (N-methyl/N-ethyl adjacent to an activating group) is 1. The fraction of sp³-hybridized carbons (Fsp3) is 0.579. The molecule has 6 nitrogen and oxygen atoms in total. The summed E-state index contributed by atoms with van der Waals surface area (Å²) in [6, 6.07) is 10.2. The van der Waals surface area contributed by atoms with Gasteiger partial charge in [0.05, 0.1) is 6.54 Å². The van der Waals surface area contributed by atoms with Crippen molar-refractivity contribution in [2.45, 2.75) is 38.8 Å². The zero-order valence-electron chi connectivity index (χ0n) is 15.3. The minimum Gasteiger partial charge on any atom is -0.341 e. The van der Waals surface area contributed by atoms with E-state index in [9.17, 15) is 9.59 Å². The number of nitrogens with one attached hydrogen (secondary N) is 2. The topological polar surface area (TPSA) is 64.7 Å². The van der Waals surface area contributed by atoms with Crippen LogP contribution in [0.15, 0.2) is 30.3 Å². The largest absolute Gasteiger partial charge is 0.341 e. The van der Waals surface area contributed by atoms with Crippen LogP contribution in [0.3, 0.4) is 0 Å². The van der Waals surface area contributed by atoms with Crippen molar-refractivity contribution in [2.24, 2.45) is 0 Å². The summed E-state index contributed by atoms with van der Waals surface area (Å²) in [6.07, 6.45) is 3.30. The number of piperidine rings is 1. The van der Waals surface area contributed by atoms with E-state index in [2.05, 4.69) is 34.6 Å². The molecule has 1 aromatic carbocycles. The maximum Gasteiger partial charge on any atom is 0.315 e. The van der Waals surface area contributed by atoms with E-state index in [0.29, 0.717) is 6.54 Å². The Morgan fingerprint density at radius 3 is 2.48 bits per heavy atom. The highest BCUT2D eigenvalue weighted by Gasteiger charge is 2.17. The van der Waals surface area contributed by atoms with Crippen molar-refractivity contribution in [1.82, 2.24) is 20.4 Å². The maximum atomic E-state index is 12.0. The smallest absolute Gasteiger partial charge is 0.315 e. The molecule has 1 aliphatic rings. The molecule has 25 heavy (non-hydrogen) atoms. The number of rotatable bonds is 7. The summed E-state index contributed by atoms with van der Waals surface area (Å²) < 4.78 is 0. The fourth-order valence-corrected chi connectivity index (χ4v) is 2.90. The van der Waals surface area contributed by atoms with Gasteiger partial charge in [0.15, 0.2) is 0 Å². The van der Waals surface area contributed by atoms with Crippen molar-refractivity contribution in [3.8, 4) is 0 Å². The third kappa shape index (κ3) is 6.74. The van der Waals surface area contributed by atoms with Crippen LogP contribution in [0.4, 0.5) is 4.79 Å². The second kappa shape index (κ2) is 10.0. The van der Waals surface area contributed by atoms with Gasteiger partial charge in [-0.1, -0.05) is 30.3 Å². The summed E-state index contributed by atoms with van der Waals surface area (Å²) in [4.78, 5) is 28.0. The van der Waals surface area contributed by atoms with Gasteiger partial charge < -0.3 is 15.5 Å². The van der Waals surface area contributed by atoms with E-state index in [0.717, 1.165) is 32.5 Å². The molecule has 0 aromatic heterocycles. The van der Waals surface area contributed by atoms with Crippen LogP contribution in [0.5, 0.6) is 0 Å². The van der Waals surface area contributed by atoms with Gasteiger partial charge >= 0.3 is 6.03 Å². The molecule has 0 saturated carbocycles. The molecular weight excluding hydrogens is 316 g/mol. The Hall–Kier alpha value is -2.08. The third-order valence-corrected chi connectivity index (χ3v) is 4.69. The van der Waals surface area contributed by atoms with Crippen molar-refractivity contribution in [1.29, 1.82) is 0 Å². The maximum absolute atomic E-state index is 12.0. The molecular formula is C19H30N4O2. The molecule has 0 bridgehead atoms. The van der Waals surface area contributed by atoms with E-state index >= 15 is 0 Å². The van der Waals surface area contributed by atoms with Crippen LogP contribution >= 0.6 is 0 Å². The number of hydrogen-bond donors (Lipinski definition) is 2. The van der Waals surface area contributed by atoms with E-state index in [4.69, 9.17) is 0 Å². The number of amides is 3. The predicted molar refractivity (Wildman–Crippen MR) is 99.2 cm³/mol. The van der Waals surface area contributed by atoms with E-state index in [1.54, 1.807) is 0 Å². The first-order chi connectivity index (χ1) is 12.1. The predicted octanol–water partition coefficient (Wildman–Crippen LogP) is 1.82. The SMILES string of the molecule is C[C@H](CNC(=O)NCC(=O)N1CCCCC1)N(C)Cc1ccccc1. The van der Waals surface area contributed by atoms with E-state index in [-0.39, 0.29) is 24.5 Å². The van der Waals surface area contributed by atoms with Crippen LogP contribution in [0, 0.1) is 0 Å². The third-order valence-electron chi connectivity index (χ3n) is 4.69. The summed E-state index contributed by atoms with van der Waals surface area (Å²) in [5, 5.41) is 5.51. The van der Waals surface area contributed by atoms with Crippen molar-refractivity contribution in [2.75, 3.05) is 33.2 Å². The minimum atomic E-state index is -0.287. The second-order valence-corrected chi connectivity index (χ2v) is 6.75. The quantitative estimate of drug-likeness (QED) is 0.791. The first kappa shape index (κ1) is 19.2. The van der Waals surface area contributed by atoms with Gasteiger partial charge in [-0.15, -0.1) is 0 Å². The van der Waals surface area contributed by atoms with Gasteiger partial charge in [0, 0.05) is 32.2 Å². The van der Waals surface area contributed by atoms with Crippen molar-refractivity contribution in [3.63, 3.8) is 0 Å². The molecule has 138 valence electrons. The average molecular weight is 346 g/mol. The van der Waals surface area contributed by atoms with Gasteiger partial charge in [-0.3, -0.25) is 9.69 Å². The normalized spacial score (nSPS) is 15.7. The Bertz CT molecular complexity index is 544. The van der Waals surface area contributed by atoms with Crippen LogP contribution in [0.25, 0.3) is 0 Å². The number of urea groups is 1. The molecule has 0 spiro atoms. The molecule has 1 heterocycles. The molecule has 1 aromatic rings. The molecule has 2 rings (SSSR count). The van der Waals surface area contributed by atoms with Gasteiger partial charge in [-0.2, -0.15) is 0 Å². The summed E-state index contributed by atoms with van der Waals surface area (Å²) >= 11 is 0. The Kier molecular flexibility index (Phi) is 7.73. The lowest BCUT2D eigenvalue weighted by Gasteiger charge is -2.27. The van der Waals surface area contributed by atoms with Crippen LogP contribution in [0.1, 0.15) is 31.7 Å². The number of benzene rings is 1. The Morgan fingerprint density at radius 2 is 1.80 bits per heavy atom. The van der Waals surface area contributed by atoms with E-state index in [1.165, 1.54) is 12.0 Å². The summed E-state index contributed by atoms with van der Waals surface area (Å²) in [5.74, 6) is 0.00379. The zero-order chi connectivity index (χ0) is 18.1. The molecule has 0 aliphatic carbocycles. The average Bonchev–Trinajstić information content (AvgIpc) is 2.65. The van der Waals surface area contributed by atoms with Crippen molar-refractivity contribution < 1.29 is 9.59 Å². The summed E-state index contributed by atoms with van der Waals surface area (Å²) in [7, 11) is 2.04. The second-order valence-electron chi connectivity index (χ2n) is 6.75. The molecule has 6 heteroatoms. The minimum absolute atomic E-state index is 0.00379. The Morgan fingerprint density at radius 1 is 1.12 bits per heavy atom. The highest BCUT2D eigenvalue weighted by Crippen LogP contribution is 2.08. The Balaban J connectivity index is 1.64. The fourth-order valence-electron chi connectivity index (χ4n) is 2.90. The zero-order valence-corrected chi connectivity index (χ0v) is 15.3. The van der Waals surface area contributed by atoms with Crippen LogP contribution < -0.4 is 10.6 Å². The van der Waals surface area contributed by atoms with Crippen molar-refractivity contribution >= 4 is 11.9 Å². The first-order valence-electron chi connectivity index (χ1n) is 9.10. The van der Waals surface area contributed by atoms with Crippen LogP contribution in [-0.4, -0.2) is 61.0 Å². The number of carbonyl (C=O) groups excluding carboxylic acids is 2. The molecule has 1 fully saturated rings. The lowest BCUT2D eigenvalue weighted by atomic mass is 10.1. The molecule has 1 saturated heterocycles. The summed E-state index contributed by atoms with van der Waals surface area (Å²) in [5.41, 5.74) is 1.24. The summed E-state index contributed by atoms with van der Waals surface area (Å²) in [6.45, 7) is 5.13. The number of hydrogen-bond acceptors (Lipinski definition) is 3. The van der Waals surface area contributed by atoms with E-state index < -0.39 is 0 Å². The number of carbonyl (C=O) groups is 2. The lowest BCUT2D eigenvalue weighted by Crippen LogP contribution is -2.47. The highest BCUT2D eigenvalue weighted by molar-refractivity contribution is 5.84. The number of likely N-dealkylation sites (tertiary alicyclic amines) is 1. The van der Waals surface area contributed by atoms with Crippen LogP contribution in [-0.2, 0) is 11.3 Å². The monoisotopic (exact) mass is 346 g/mol. The lowest BCUT2D eigenvalue weighted by molar-refractivity contribution is -0.130. The van der Waals surface area contributed by atoms with Crippen molar-refractivity contribution in [3.05, 3.63) is 35.9 Å². The first-order valence-corrected chi connectivity index (χ1v) is 9.10. The van der Waals surface area contributed by atoms with Gasteiger partial charge in [0.25, 0.3) is 0 Å². The van der Waals surface area contributed by atoms with E-state index in [1.807, 2.05) is 30.1 Å². The molecule has 0 unspecified atom stereocenters. The Labute approximate surface area is 150 Å². The van der Waals surface area contributed by atoms with Gasteiger partial charge in [0.2, 0.25) is 5.91 Å². The standard InChI is InChI=1S/C19H30N4O2/c1-16(22(2)15-17-9-5-3-6-10-17)13-20-19(25)21-14-18(24)23-11-7-4-8-12-23/h3,5-6,9-10,16H,4,7-8,11-15H2,1-2H3,(H2,20,21,25)/t16-/m1/s1. The van der Waals surface area contributed by atoms with Crippen LogP contribution in [0.2, 0.25) is 0 Å². The van der Waals surface area contributed by atoms with Gasteiger partial charge in [-0.25, -0.2) is 4.79 Å². The van der Waals surface area contributed by atoms with Gasteiger partial charge in [0.1, 0.15) is 0 Å². The van der Waals surface area contributed by atoms with Gasteiger partial charge in [-0.05, 0) is 38.8 Å². The molecule has 1 atom stereocenters. The molecule has 3 amide bonds.